The summed E-state index contributed by atoms with van der Waals surface area (Å²) in [6, 6.07) is 6.25. The molecule has 1 fully saturated rings. The molecule has 0 radical (unpaired) electrons. The lowest BCUT2D eigenvalue weighted by molar-refractivity contribution is -0.119. The molecule has 1 aliphatic heterocycles. The van der Waals surface area contributed by atoms with Crippen LogP contribution in [0.15, 0.2) is 28.8 Å². The lowest BCUT2D eigenvalue weighted by atomic mass is 10.2. The molecule has 1 amide bonds. The van der Waals surface area contributed by atoms with Gasteiger partial charge in [-0.1, -0.05) is 28.9 Å². The zero-order valence-electron chi connectivity index (χ0n) is 10.9. The van der Waals surface area contributed by atoms with E-state index in [0.717, 1.165) is 0 Å². The van der Waals surface area contributed by atoms with Crippen LogP contribution in [0.5, 0.6) is 0 Å². The fraction of sp³-hybridized carbons (Fsp3) is 0.308. The molecular weight excluding hydrogens is 299 g/mol. The van der Waals surface area contributed by atoms with E-state index in [9.17, 15) is 9.18 Å². The van der Waals surface area contributed by atoms with Crippen LogP contribution in [0.2, 0.25) is 5.02 Å². The number of rotatable bonds is 3. The Morgan fingerprint density at radius 3 is 3.05 bits per heavy atom. The Morgan fingerprint density at radius 1 is 1.52 bits per heavy atom. The van der Waals surface area contributed by atoms with Gasteiger partial charge in [0.25, 0.3) is 0 Å². The van der Waals surface area contributed by atoms with Gasteiger partial charge < -0.3 is 15.2 Å². The minimum Gasteiger partial charge on any atom is -0.368 e. The van der Waals surface area contributed by atoms with Gasteiger partial charge in [0.1, 0.15) is 12.2 Å². The molecule has 110 valence electrons. The lowest BCUT2D eigenvalue weighted by Crippen LogP contribution is -2.40. The van der Waals surface area contributed by atoms with Gasteiger partial charge in [-0.3, -0.25) is 4.79 Å². The zero-order valence-corrected chi connectivity index (χ0v) is 11.6. The van der Waals surface area contributed by atoms with Crippen molar-refractivity contribution in [1.82, 2.24) is 10.1 Å². The average Bonchev–Trinajstić information content (AvgIpc) is 3.04. The molecule has 0 aliphatic carbocycles. The van der Waals surface area contributed by atoms with E-state index < -0.39 is 18.1 Å². The molecule has 0 saturated carbocycles. The number of anilines is 1. The van der Waals surface area contributed by atoms with E-state index in [-0.39, 0.29) is 19.0 Å². The molecule has 21 heavy (non-hydrogen) atoms. The molecule has 1 aliphatic rings. The average molecular weight is 311 g/mol. The predicted molar refractivity (Wildman–Crippen MR) is 74.6 cm³/mol. The summed E-state index contributed by atoms with van der Waals surface area (Å²) in [6.07, 6.45) is -1.12. The topological polar surface area (TPSA) is 85.3 Å². The van der Waals surface area contributed by atoms with Crippen molar-refractivity contribution in [2.75, 3.05) is 11.4 Å². The Hall–Kier alpha value is -2.15. The van der Waals surface area contributed by atoms with E-state index in [1.54, 1.807) is 24.3 Å². The van der Waals surface area contributed by atoms with E-state index in [2.05, 4.69) is 10.1 Å². The number of nitrogens with zero attached hydrogens (tertiary/aromatic N) is 3. The third-order valence-electron chi connectivity index (χ3n) is 3.32. The highest BCUT2D eigenvalue weighted by atomic mass is 35.5. The quantitative estimate of drug-likeness (QED) is 0.934. The molecule has 6 nitrogen and oxygen atoms in total. The monoisotopic (exact) mass is 310 g/mol. The lowest BCUT2D eigenvalue weighted by Gasteiger charge is -2.18. The van der Waals surface area contributed by atoms with E-state index in [4.69, 9.17) is 21.9 Å². The summed E-state index contributed by atoms with van der Waals surface area (Å²) in [5, 5.41) is 4.37. The number of carbonyl (C=O) groups is 1. The van der Waals surface area contributed by atoms with Crippen LogP contribution in [0.3, 0.4) is 0 Å². The van der Waals surface area contributed by atoms with Crippen molar-refractivity contribution in [2.24, 2.45) is 5.73 Å². The Bertz CT molecular complexity index is 678. The number of primary amides is 1. The number of benzene rings is 1. The molecule has 0 bridgehead atoms. The Balaban J connectivity index is 1.89. The van der Waals surface area contributed by atoms with Crippen molar-refractivity contribution in [3.05, 3.63) is 29.3 Å². The highest BCUT2D eigenvalue weighted by Gasteiger charge is 2.38. The SMILES string of the molecule is NC(=O)[C@@H]1C[C@@H](F)CN1c1nc(-c2cccc(Cl)c2)no1. The number of halogens is 2. The standard InChI is InChI=1S/C13H12ClFN4O2/c14-8-3-1-2-7(4-8)12-17-13(21-18-12)19-6-9(15)5-10(19)11(16)20/h1-4,9-10H,5-6H2,(H2,16,20)/t9-,10+/m1/s1. The minimum atomic E-state index is -1.15. The second-order valence-electron chi connectivity index (χ2n) is 4.81. The molecule has 2 aromatic rings. The Morgan fingerprint density at radius 2 is 2.33 bits per heavy atom. The van der Waals surface area contributed by atoms with Crippen molar-refractivity contribution in [2.45, 2.75) is 18.6 Å². The summed E-state index contributed by atoms with van der Waals surface area (Å²) >= 11 is 5.91. The van der Waals surface area contributed by atoms with Crippen molar-refractivity contribution in [1.29, 1.82) is 0 Å². The molecule has 0 unspecified atom stereocenters. The second kappa shape index (κ2) is 5.33. The highest BCUT2D eigenvalue weighted by Crippen LogP contribution is 2.28. The van der Waals surface area contributed by atoms with E-state index in [1.165, 1.54) is 4.90 Å². The van der Waals surface area contributed by atoms with Gasteiger partial charge in [-0.05, 0) is 12.1 Å². The van der Waals surface area contributed by atoms with Gasteiger partial charge in [0.15, 0.2) is 0 Å². The van der Waals surface area contributed by atoms with Crippen LogP contribution in [0.1, 0.15) is 6.42 Å². The number of alkyl halides is 1. The molecule has 8 heteroatoms. The number of amides is 1. The number of aromatic nitrogens is 2. The van der Waals surface area contributed by atoms with Gasteiger partial charge in [0.2, 0.25) is 11.7 Å². The van der Waals surface area contributed by atoms with Crippen molar-refractivity contribution in [3.63, 3.8) is 0 Å². The number of carbonyl (C=O) groups excluding carboxylic acids is 1. The van der Waals surface area contributed by atoms with E-state index in [1.807, 2.05) is 0 Å². The van der Waals surface area contributed by atoms with Gasteiger partial charge in [-0.15, -0.1) is 0 Å². The minimum absolute atomic E-state index is 0.00475. The molecule has 1 aromatic heterocycles. The zero-order chi connectivity index (χ0) is 15.0. The van der Waals surface area contributed by atoms with Crippen molar-refractivity contribution >= 4 is 23.5 Å². The Labute approximate surface area is 124 Å². The largest absolute Gasteiger partial charge is 0.368 e. The summed E-state index contributed by atoms with van der Waals surface area (Å²) in [7, 11) is 0. The first kappa shape index (κ1) is 13.8. The summed E-state index contributed by atoms with van der Waals surface area (Å²) in [5.74, 6) is -0.296. The number of nitrogens with two attached hydrogens (primary N) is 1. The van der Waals surface area contributed by atoms with E-state index in [0.29, 0.717) is 16.4 Å². The normalized spacial score (nSPS) is 21.7. The molecule has 1 saturated heterocycles. The number of hydrogen-bond donors (Lipinski definition) is 1. The number of hydrogen-bond acceptors (Lipinski definition) is 5. The summed E-state index contributed by atoms with van der Waals surface area (Å²) in [6.45, 7) is 0.00475. The molecule has 0 spiro atoms. The second-order valence-corrected chi connectivity index (χ2v) is 5.25. The third-order valence-corrected chi connectivity index (χ3v) is 3.56. The van der Waals surface area contributed by atoms with Gasteiger partial charge in [-0.25, -0.2) is 4.39 Å². The maximum absolute atomic E-state index is 13.5. The summed E-state index contributed by atoms with van der Waals surface area (Å²) in [5.41, 5.74) is 5.94. The molecule has 2 atom stereocenters. The van der Waals surface area contributed by atoms with Gasteiger partial charge in [0.05, 0.1) is 6.54 Å². The van der Waals surface area contributed by atoms with Gasteiger partial charge >= 0.3 is 6.01 Å². The fourth-order valence-corrected chi connectivity index (χ4v) is 2.53. The highest BCUT2D eigenvalue weighted by molar-refractivity contribution is 6.30. The maximum Gasteiger partial charge on any atom is 0.325 e. The van der Waals surface area contributed by atoms with Crippen LogP contribution in [-0.2, 0) is 4.79 Å². The first-order chi connectivity index (χ1) is 10.0. The fourth-order valence-electron chi connectivity index (χ4n) is 2.34. The Kier molecular flexibility index (Phi) is 3.50. The van der Waals surface area contributed by atoms with Crippen LogP contribution < -0.4 is 10.6 Å². The first-order valence-corrected chi connectivity index (χ1v) is 6.72. The van der Waals surface area contributed by atoms with Gasteiger partial charge in [-0.2, -0.15) is 4.98 Å². The van der Waals surface area contributed by atoms with Gasteiger partial charge in [0, 0.05) is 17.0 Å². The first-order valence-electron chi connectivity index (χ1n) is 6.34. The maximum atomic E-state index is 13.5. The van der Waals surface area contributed by atoms with Crippen LogP contribution in [0.4, 0.5) is 10.4 Å². The molecular formula is C13H12ClFN4O2. The van der Waals surface area contributed by atoms with Crippen LogP contribution >= 0.6 is 11.6 Å². The molecule has 2 heterocycles. The van der Waals surface area contributed by atoms with Crippen LogP contribution in [0, 0.1) is 0 Å². The summed E-state index contributed by atoms with van der Waals surface area (Å²) < 4.78 is 18.6. The van der Waals surface area contributed by atoms with Crippen molar-refractivity contribution in [3.8, 4) is 11.4 Å². The molecule has 1 aromatic carbocycles. The van der Waals surface area contributed by atoms with E-state index >= 15 is 0 Å². The predicted octanol–water partition coefficient (Wildman–Crippen LogP) is 1.79. The summed E-state index contributed by atoms with van der Waals surface area (Å²) in [4.78, 5) is 16.9. The molecule has 3 rings (SSSR count). The van der Waals surface area contributed by atoms with Crippen LogP contribution in [-0.4, -0.2) is 34.8 Å². The van der Waals surface area contributed by atoms with Crippen molar-refractivity contribution < 1.29 is 13.7 Å². The molecule has 2 N–H and O–H groups in total. The van der Waals surface area contributed by atoms with Crippen LogP contribution in [0.25, 0.3) is 11.4 Å². The third kappa shape index (κ3) is 2.69. The smallest absolute Gasteiger partial charge is 0.325 e.